The number of rotatable bonds is 3. The van der Waals surface area contributed by atoms with Crippen molar-refractivity contribution in [2.75, 3.05) is 0 Å². The Morgan fingerprint density at radius 1 is 1.60 bits per heavy atom. The van der Waals surface area contributed by atoms with Gasteiger partial charge in [-0.3, -0.25) is 4.79 Å². The summed E-state index contributed by atoms with van der Waals surface area (Å²) in [5, 5.41) is 9.03. The van der Waals surface area contributed by atoms with E-state index in [9.17, 15) is 4.79 Å². The van der Waals surface area contributed by atoms with Gasteiger partial charge in [0.05, 0.1) is 6.20 Å². The predicted octanol–water partition coefficient (Wildman–Crippen LogP) is 2.30. The highest BCUT2D eigenvalue weighted by Gasteiger charge is 2.35. The van der Waals surface area contributed by atoms with Gasteiger partial charge < -0.3 is 9.52 Å². The van der Waals surface area contributed by atoms with Gasteiger partial charge in [-0.15, -0.1) is 0 Å². The van der Waals surface area contributed by atoms with Crippen LogP contribution in [-0.2, 0) is 10.2 Å². The van der Waals surface area contributed by atoms with E-state index in [1.165, 1.54) is 6.42 Å². The molecule has 0 aliphatic heterocycles. The van der Waals surface area contributed by atoms with Crippen molar-refractivity contribution in [3.63, 3.8) is 0 Å². The van der Waals surface area contributed by atoms with E-state index >= 15 is 0 Å². The van der Waals surface area contributed by atoms with E-state index in [1.807, 2.05) is 0 Å². The number of carboxylic acid groups (broad SMARTS) is 1. The molecule has 2 rings (SSSR count). The summed E-state index contributed by atoms with van der Waals surface area (Å²) < 4.78 is 5.52. The third-order valence-corrected chi connectivity index (χ3v) is 3.13. The van der Waals surface area contributed by atoms with E-state index in [1.54, 1.807) is 20.0 Å². The molecule has 0 radical (unpaired) electrons. The van der Waals surface area contributed by atoms with Crippen molar-refractivity contribution < 1.29 is 14.3 Å². The first-order valence-electron chi connectivity index (χ1n) is 5.21. The fourth-order valence-electron chi connectivity index (χ4n) is 1.53. The summed E-state index contributed by atoms with van der Waals surface area (Å²) in [6, 6.07) is 0. The first kappa shape index (κ1) is 10.2. The number of oxazole rings is 1. The second kappa shape index (κ2) is 3.36. The van der Waals surface area contributed by atoms with Crippen LogP contribution in [0, 0.1) is 0 Å². The quantitative estimate of drug-likeness (QED) is 0.829. The summed E-state index contributed by atoms with van der Waals surface area (Å²) in [7, 11) is 0. The maximum absolute atomic E-state index is 11.0. The Morgan fingerprint density at radius 3 is 2.73 bits per heavy atom. The number of nitrogens with zero attached hydrogens (tertiary/aromatic N) is 1. The molecule has 82 valence electrons. The lowest BCUT2D eigenvalue weighted by Gasteiger charge is -2.22. The first-order chi connectivity index (χ1) is 7.01. The summed E-state index contributed by atoms with van der Waals surface area (Å²) in [5.41, 5.74) is -0.991. The Bertz CT molecular complexity index is 377. The minimum Gasteiger partial charge on any atom is -0.481 e. The number of aliphatic carboxylic acids is 1. The van der Waals surface area contributed by atoms with E-state index in [4.69, 9.17) is 9.52 Å². The molecule has 1 fully saturated rings. The molecule has 1 saturated carbocycles. The molecule has 1 aromatic rings. The normalized spacial score (nSPS) is 17.5. The molecular weight excluding hydrogens is 194 g/mol. The summed E-state index contributed by atoms with van der Waals surface area (Å²) >= 11 is 0. The van der Waals surface area contributed by atoms with Crippen molar-refractivity contribution in [2.45, 2.75) is 44.4 Å². The van der Waals surface area contributed by atoms with Crippen molar-refractivity contribution >= 4 is 5.97 Å². The predicted molar refractivity (Wildman–Crippen MR) is 53.8 cm³/mol. The Kier molecular flexibility index (Phi) is 2.29. The number of hydrogen-bond acceptors (Lipinski definition) is 3. The van der Waals surface area contributed by atoms with E-state index in [-0.39, 0.29) is 0 Å². The summed E-state index contributed by atoms with van der Waals surface area (Å²) in [6.45, 7) is 3.25. The van der Waals surface area contributed by atoms with E-state index in [0.29, 0.717) is 17.6 Å². The molecule has 15 heavy (non-hydrogen) atoms. The highest BCUT2D eigenvalue weighted by molar-refractivity contribution is 5.79. The zero-order valence-electron chi connectivity index (χ0n) is 8.99. The molecule has 0 bridgehead atoms. The zero-order valence-corrected chi connectivity index (χ0v) is 8.99. The molecule has 0 aromatic carbocycles. The molecule has 1 aliphatic carbocycles. The number of hydrogen-bond donors (Lipinski definition) is 1. The van der Waals surface area contributed by atoms with Crippen LogP contribution in [0.4, 0.5) is 0 Å². The van der Waals surface area contributed by atoms with Gasteiger partial charge in [0.15, 0.2) is 5.89 Å². The van der Waals surface area contributed by atoms with Crippen LogP contribution < -0.4 is 0 Å². The minimum atomic E-state index is -0.991. The second-order valence-corrected chi connectivity index (χ2v) is 4.62. The van der Waals surface area contributed by atoms with Gasteiger partial charge >= 0.3 is 5.97 Å². The second-order valence-electron chi connectivity index (χ2n) is 4.62. The van der Waals surface area contributed by atoms with Gasteiger partial charge in [0.1, 0.15) is 11.2 Å². The maximum Gasteiger partial charge on any atom is 0.316 e. The molecular formula is C11H15NO3. The lowest BCUT2D eigenvalue weighted by atomic mass is 9.85. The Morgan fingerprint density at radius 2 is 2.27 bits per heavy atom. The van der Waals surface area contributed by atoms with Crippen molar-refractivity contribution in [3.05, 3.63) is 17.8 Å². The number of carboxylic acids is 1. The molecule has 0 saturated heterocycles. The Labute approximate surface area is 88.3 Å². The minimum absolute atomic E-state index is 0.406. The third kappa shape index (κ3) is 1.64. The van der Waals surface area contributed by atoms with Crippen LogP contribution in [0.3, 0.4) is 0 Å². The Balaban J connectivity index is 2.22. The molecule has 0 spiro atoms. The van der Waals surface area contributed by atoms with Gasteiger partial charge in [-0.2, -0.15) is 0 Å². The molecule has 1 aromatic heterocycles. The summed E-state index contributed by atoms with van der Waals surface area (Å²) in [5.74, 6) is 0.657. The Hall–Kier alpha value is -1.32. The van der Waals surface area contributed by atoms with Crippen molar-refractivity contribution in [1.29, 1.82) is 0 Å². The van der Waals surface area contributed by atoms with Crippen LogP contribution in [0.1, 0.15) is 50.7 Å². The van der Waals surface area contributed by atoms with Gasteiger partial charge in [0.2, 0.25) is 0 Å². The average Bonchev–Trinajstić information content (AvgIpc) is 2.50. The number of carbonyl (C=O) groups is 1. The fourth-order valence-corrected chi connectivity index (χ4v) is 1.53. The largest absolute Gasteiger partial charge is 0.481 e. The molecule has 1 aliphatic rings. The van der Waals surface area contributed by atoms with Crippen LogP contribution in [0.25, 0.3) is 0 Å². The maximum atomic E-state index is 11.0. The van der Waals surface area contributed by atoms with Gasteiger partial charge in [0, 0.05) is 5.92 Å². The van der Waals surface area contributed by atoms with Crippen LogP contribution in [0.5, 0.6) is 0 Å². The molecule has 1 N–H and O–H groups in total. The van der Waals surface area contributed by atoms with Crippen LogP contribution in [0.2, 0.25) is 0 Å². The van der Waals surface area contributed by atoms with Gasteiger partial charge in [-0.05, 0) is 26.7 Å². The summed E-state index contributed by atoms with van der Waals surface area (Å²) in [4.78, 5) is 15.2. The third-order valence-electron chi connectivity index (χ3n) is 3.13. The van der Waals surface area contributed by atoms with Crippen LogP contribution in [0.15, 0.2) is 10.6 Å². The van der Waals surface area contributed by atoms with Gasteiger partial charge in [0.25, 0.3) is 0 Å². The van der Waals surface area contributed by atoms with E-state index < -0.39 is 11.4 Å². The summed E-state index contributed by atoms with van der Waals surface area (Å²) in [6.07, 6.45) is 4.97. The smallest absolute Gasteiger partial charge is 0.316 e. The average molecular weight is 209 g/mol. The molecule has 0 atom stereocenters. The molecule has 0 unspecified atom stereocenters. The lowest BCUT2D eigenvalue weighted by molar-refractivity contribution is -0.143. The number of aromatic nitrogens is 1. The fraction of sp³-hybridized carbons (Fsp3) is 0.636. The highest BCUT2D eigenvalue weighted by atomic mass is 16.4. The van der Waals surface area contributed by atoms with Gasteiger partial charge in [-0.1, -0.05) is 6.42 Å². The lowest BCUT2D eigenvalue weighted by Crippen LogP contribution is -2.27. The molecule has 4 nitrogen and oxygen atoms in total. The highest BCUT2D eigenvalue weighted by Crippen LogP contribution is 2.37. The monoisotopic (exact) mass is 209 g/mol. The van der Waals surface area contributed by atoms with E-state index in [0.717, 1.165) is 12.8 Å². The van der Waals surface area contributed by atoms with Crippen LogP contribution >= 0.6 is 0 Å². The van der Waals surface area contributed by atoms with Gasteiger partial charge in [-0.25, -0.2) is 4.98 Å². The first-order valence-corrected chi connectivity index (χ1v) is 5.21. The zero-order chi connectivity index (χ0) is 11.1. The molecule has 1 heterocycles. The van der Waals surface area contributed by atoms with Crippen molar-refractivity contribution in [3.8, 4) is 0 Å². The van der Waals surface area contributed by atoms with Crippen molar-refractivity contribution in [2.24, 2.45) is 0 Å². The SMILES string of the molecule is CC(C)(C(=O)O)c1cnc(C2CCC2)o1. The topological polar surface area (TPSA) is 63.3 Å². The van der Waals surface area contributed by atoms with E-state index in [2.05, 4.69) is 4.98 Å². The molecule has 0 amide bonds. The van der Waals surface area contributed by atoms with Crippen LogP contribution in [-0.4, -0.2) is 16.1 Å². The molecule has 4 heteroatoms. The standard InChI is InChI=1S/C11H15NO3/c1-11(2,10(13)14)8-6-12-9(15-8)7-4-3-5-7/h6-7H,3-5H2,1-2H3,(H,13,14). The van der Waals surface area contributed by atoms with Crippen molar-refractivity contribution in [1.82, 2.24) is 4.98 Å².